The normalized spacial score (nSPS) is 15.5. The number of nitrogens with zero attached hydrogens (tertiary/aromatic N) is 1. The Kier molecular flexibility index (Phi) is 5.37. The van der Waals surface area contributed by atoms with Crippen molar-refractivity contribution < 1.29 is 23.1 Å². The van der Waals surface area contributed by atoms with Crippen LogP contribution in [-0.2, 0) is 11.2 Å². The number of carboxylic acids is 1. The third-order valence-electron chi connectivity index (χ3n) is 3.01. The van der Waals surface area contributed by atoms with Crippen LogP contribution < -0.4 is 0 Å². The number of aliphatic carboxylic acids is 1. The Morgan fingerprint density at radius 2 is 2.16 bits per heavy atom. The maximum atomic E-state index is 12.9. The van der Waals surface area contributed by atoms with Gasteiger partial charge in [-0.05, 0) is 31.8 Å². The molecule has 0 saturated heterocycles. The molecule has 0 amide bonds. The molecule has 1 aromatic rings. The standard InChI is InChI=1S/C12H16F3NO2S/c1-8(6-9-4-3-5-19-9)16(2)10(7-11(17)18)12(13,14)15/h3-5,8,10H,6-7H2,1-2H3,(H,17,18). The number of hydrogen-bond acceptors (Lipinski definition) is 3. The Labute approximate surface area is 113 Å². The van der Waals surface area contributed by atoms with E-state index in [1.54, 1.807) is 6.92 Å². The van der Waals surface area contributed by atoms with Crippen molar-refractivity contribution in [2.24, 2.45) is 0 Å². The molecular weight excluding hydrogens is 279 g/mol. The number of likely N-dealkylation sites (N-methyl/N-ethyl adjacent to an activating group) is 1. The lowest BCUT2D eigenvalue weighted by molar-refractivity contribution is -0.191. The maximum Gasteiger partial charge on any atom is 0.404 e. The van der Waals surface area contributed by atoms with Crippen molar-refractivity contribution in [3.05, 3.63) is 22.4 Å². The molecule has 0 spiro atoms. The van der Waals surface area contributed by atoms with Crippen LogP contribution in [0.1, 0.15) is 18.2 Å². The molecule has 0 aliphatic heterocycles. The first-order chi connectivity index (χ1) is 8.71. The van der Waals surface area contributed by atoms with E-state index in [9.17, 15) is 18.0 Å². The van der Waals surface area contributed by atoms with E-state index < -0.39 is 24.6 Å². The fourth-order valence-corrected chi connectivity index (χ4v) is 2.65. The summed E-state index contributed by atoms with van der Waals surface area (Å²) >= 11 is 1.48. The van der Waals surface area contributed by atoms with Gasteiger partial charge in [0.05, 0.1) is 6.42 Å². The summed E-state index contributed by atoms with van der Waals surface area (Å²) < 4.78 is 38.6. The molecule has 108 valence electrons. The monoisotopic (exact) mass is 295 g/mol. The van der Waals surface area contributed by atoms with Crippen LogP contribution in [0.25, 0.3) is 0 Å². The Hall–Kier alpha value is -1.08. The molecule has 0 aromatic carbocycles. The molecule has 3 nitrogen and oxygen atoms in total. The topological polar surface area (TPSA) is 40.5 Å². The molecule has 0 bridgehead atoms. The first-order valence-corrected chi connectivity index (χ1v) is 6.62. The number of carboxylic acid groups (broad SMARTS) is 1. The molecule has 1 N–H and O–H groups in total. The van der Waals surface area contributed by atoms with Gasteiger partial charge in [-0.3, -0.25) is 9.69 Å². The van der Waals surface area contributed by atoms with Gasteiger partial charge in [-0.1, -0.05) is 6.07 Å². The van der Waals surface area contributed by atoms with Crippen LogP contribution in [0.5, 0.6) is 0 Å². The average Bonchev–Trinajstić information content (AvgIpc) is 2.75. The Balaban J connectivity index is 2.75. The van der Waals surface area contributed by atoms with Crippen molar-refractivity contribution in [3.63, 3.8) is 0 Å². The van der Waals surface area contributed by atoms with E-state index in [0.29, 0.717) is 6.42 Å². The number of rotatable bonds is 6. The van der Waals surface area contributed by atoms with Crippen molar-refractivity contribution in [3.8, 4) is 0 Å². The Morgan fingerprint density at radius 3 is 2.58 bits per heavy atom. The van der Waals surface area contributed by atoms with Gasteiger partial charge in [0.2, 0.25) is 0 Å². The fourth-order valence-electron chi connectivity index (χ4n) is 1.83. The third kappa shape index (κ3) is 4.83. The van der Waals surface area contributed by atoms with Gasteiger partial charge in [0, 0.05) is 10.9 Å². The van der Waals surface area contributed by atoms with Crippen LogP contribution in [-0.4, -0.2) is 41.3 Å². The highest BCUT2D eigenvalue weighted by atomic mass is 32.1. The van der Waals surface area contributed by atoms with Crippen LogP contribution in [0.3, 0.4) is 0 Å². The predicted octanol–water partition coefficient (Wildman–Crippen LogP) is 3.02. The van der Waals surface area contributed by atoms with Gasteiger partial charge in [-0.25, -0.2) is 0 Å². The first kappa shape index (κ1) is 16.0. The number of hydrogen-bond donors (Lipinski definition) is 1. The minimum absolute atomic E-state index is 0.385. The number of thiophene rings is 1. The zero-order chi connectivity index (χ0) is 14.6. The predicted molar refractivity (Wildman–Crippen MR) is 67.3 cm³/mol. The van der Waals surface area contributed by atoms with Crippen molar-refractivity contribution in [2.75, 3.05) is 7.05 Å². The summed E-state index contributed by atoms with van der Waals surface area (Å²) in [5, 5.41) is 10.5. The van der Waals surface area contributed by atoms with Crippen LogP contribution in [0.4, 0.5) is 13.2 Å². The van der Waals surface area contributed by atoms with Crippen molar-refractivity contribution in [1.29, 1.82) is 0 Å². The van der Waals surface area contributed by atoms with E-state index in [1.807, 2.05) is 17.5 Å². The molecule has 0 radical (unpaired) electrons. The minimum Gasteiger partial charge on any atom is -0.481 e. The highest BCUT2D eigenvalue weighted by Gasteiger charge is 2.44. The SMILES string of the molecule is CC(Cc1cccs1)N(C)C(CC(=O)O)C(F)(F)F. The molecule has 7 heteroatoms. The maximum absolute atomic E-state index is 12.9. The first-order valence-electron chi connectivity index (χ1n) is 5.74. The van der Waals surface area contributed by atoms with E-state index in [1.165, 1.54) is 18.4 Å². The molecule has 1 heterocycles. The summed E-state index contributed by atoms with van der Waals surface area (Å²) in [4.78, 5) is 12.6. The van der Waals surface area contributed by atoms with Crippen molar-refractivity contribution in [2.45, 2.75) is 38.0 Å². The lowest BCUT2D eigenvalue weighted by Gasteiger charge is -2.33. The van der Waals surface area contributed by atoms with Gasteiger partial charge in [0.25, 0.3) is 0 Å². The zero-order valence-corrected chi connectivity index (χ0v) is 11.5. The molecule has 1 rings (SSSR count). The molecular formula is C12H16F3NO2S. The summed E-state index contributed by atoms with van der Waals surface area (Å²) in [6.07, 6.45) is -5.01. The molecule has 2 unspecified atom stereocenters. The summed E-state index contributed by atoms with van der Waals surface area (Å²) in [5.74, 6) is -1.45. The van der Waals surface area contributed by atoms with E-state index in [0.717, 1.165) is 9.78 Å². The summed E-state index contributed by atoms with van der Waals surface area (Å²) in [7, 11) is 1.32. The van der Waals surface area contributed by atoms with Gasteiger partial charge < -0.3 is 5.11 Å². The highest BCUT2D eigenvalue weighted by molar-refractivity contribution is 7.09. The third-order valence-corrected chi connectivity index (χ3v) is 3.91. The van der Waals surface area contributed by atoms with Crippen LogP contribution in [0.2, 0.25) is 0 Å². The van der Waals surface area contributed by atoms with Crippen LogP contribution in [0, 0.1) is 0 Å². The van der Waals surface area contributed by atoms with E-state index in [-0.39, 0.29) is 6.04 Å². The Morgan fingerprint density at radius 1 is 1.53 bits per heavy atom. The lowest BCUT2D eigenvalue weighted by atomic mass is 10.1. The van der Waals surface area contributed by atoms with Crippen molar-refractivity contribution >= 4 is 17.3 Å². The van der Waals surface area contributed by atoms with E-state index in [4.69, 9.17) is 5.11 Å². The van der Waals surface area contributed by atoms with Gasteiger partial charge in [-0.2, -0.15) is 13.2 Å². The second kappa shape index (κ2) is 6.38. The fraction of sp³-hybridized carbons (Fsp3) is 0.583. The minimum atomic E-state index is -4.54. The van der Waals surface area contributed by atoms with Crippen LogP contribution >= 0.6 is 11.3 Å². The summed E-state index contributed by atoms with van der Waals surface area (Å²) in [6, 6.07) is 1.35. The van der Waals surface area contributed by atoms with Gasteiger partial charge >= 0.3 is 12.1 Å². The highest BCUT2D eigenvalue weighted by Crippen LogP contribution is 2.28. The lowest BCUT2D eigenvalue weighted by Crippen LogP contribution is -2.49. The number of carbonyl (C=O) groups is 1. The molecule has 0 aliphatic rings. The van der Waals surface area contributed by atoms with E-state index in [2.05, 4.69) is 0 Å². The molecule has 0 saturated carbocycles. The molecule has 0 fully saturated rings. The number of halogens is 3. The molecule has 19 heavy (non-hydrogen) atoms. The Bertz CT molecular complexity index is 406. The van der Waals surface area contributed by atoms with Gasteiger partial charge in [0.1, 0.15) is 6.04 Å². The summed E-state index contributed by atoms with van der Waals surface area (Å²) in [6.45, 7) is 1.67. The van der Waals surface area contributed by atoms with Gasteiger partial charge in [-0.15, -0.1) is 11.3 Å². The molecule has 1 aromatic heterocycles. The quantitative estimate of drug-likeness (QED) is 0.877. The molecule has 0 aliphatic carbocycles. The van der Waals surface area contributed by atoms with Crippen LogP contribution in [0.15, 0.2) is 17.5 Å². The van der Waals surface area contributed by atoms with Crippen molar-refractivity contribution in [1.82, 2.24) is 4.90 Å². The van der Waals surface area contributed by atoms with E-state index >= 15 is 0 Å². The largest absolute Gasteiger partial charge is 0.481 e. The zero-order valence-electron chi connectivity index (χ0n) is 10.6. The number of alkyl halides is 3. The smallest absolute Gasteiger partial charge is 0.404 e. The second-order valence-electron chi connectivity index (χ2n) is 4.45. The molecule has 2 atom stereocenters. The summed E-state index contributed by atoms with van der Waals surface area (Å²) in [5.41, 5.74) is 0. The average molecular weight is 295 g/mol. The second-order valence-corrected chi connectivity index (χ2v) is 5.49. The van der Waals surface area contributed by atoms with Gasteiger partial charge in [0.15, 0.2) is 0 Å².